The minimum absolute atomic E-state index is 0.0961. The van der Waals surface area contributed by atoms with Crippen LogP contribution < -0.4 is 14.8 Å². The molecule has 3 aromatic rings. The predicted molar refractivity (Wildman–Crippen MR) is 121 cm³/mol. The topological polar surface area (TPSA) is 98.1 Å². The van der Waals surface area contributed by atoms with Gasteiger partial charge in [-0.1, -0.05) is 0 Å². The van der Waals surface area contributed by atoms with E-state index in [1.165, 1.54) is 28.9 Å². The van der Waals surface area contributed by atoms with Gasteiger partial charge in [0, 0.05) is 25.0 Å². The lowest BCUT2D eigenvalue weighted by Crippen LogP contribution is -2.52. The zero-order valence-electron chi connectivity index (χ0n) is 19.9. The molecule has 1 aliphatic heterocycles. The predicted octanol–water partition coefficient (Wildman–Crippen LogP) is 4.03. The first-order valence-corrected chi connectivity index (χ1v) is 11.2. The first kappa shape index (κ1) is 28.7. The number of likely N-dealkylation sites (N-methyl/N-ethyl adjacent to an activating group) is 1. The van der Waals surface area contributed by atoms with Crippen LogP contribution in [0, 0.1) is 0 Å². The van der Waals surface area contributed by atoms with Crippen LogP contribution in [0.15, 0.2) is 42.7 Å². The average Bonchev–Trinajstić information content (AvgIpc) is 3.27. The normalized spacial score (nSPS) is 16.1. The number of pyridine rings is 2. The lowest BCUT2D eigenvalue weighted by molar-refractivity contribution is -0.164. The van der Waals surface area contributed by atoms with E-state index in [1.807, 2.05) is 0 Å². The summed E-state index contributed by atoms with van der Waals surface area (Å²) in [5, 5.41) is 6.69. The van der Waals surface area contributed by atoms with Crippen molar-refractivity contribution in [3.05, 3.63) is 48.4 Å². The number of hydrogen-bond acceptors (Lipinski definition) is 7. The van der Waals surface area contributed by atoms with Gasteiger partial charge in [0.25, 0.3) is 5.88 Å². The van der Waals surface area contributed by atoms with Gasteiger partial charge in [0.05, 0.1) is 11.6 Å². The van der Waals surface area contributed by atoms with Crippen molar-refractivity contribution in [1.29, 1.82) is 0 Å². The van der Waals surface area contributed by atoms with E-state index in [4.69, 9.17) is 9.47 Å². The minimum Gasteiger partial charge on any atom is -0.478 e. The summed E-state index contributed by atoms with van der Waals surface area (Å²) >= 11 is 0. The van der Waals surface area contributed by atoms with E-state index in [2.05, 4.69) is 15.4 Å². The van der Waals surface area contributed by atoms with Crippen LogP contribution in [0.25, 0.3) is 5.52 Å². The number of alkyl halides is 6. The fourth-order valence-electron chi connectivity index (χ4n) is 3.53. The molecule has 1 amide bonds. The number of aldehydes is 1. The molecule has 0 saturated carbocycles. The van der Waals surface area contributed by atoms with E-state index in [0.717, 1.165) is 4.90 Å². The van der Waals surface area contributed by atoms with Crippen LogP contribution in [0.2, 0.25) is 0 Å². The average molecular weight is 547 g/mol. The second-order valence-corrected chi connectivity index (χ2v) is 8.09. The summed E-state index contributed by atoms with van der Waals surface area (Å²) in [6, 6.07) is 6.97. The Kier molecular flexibility index (Phi) is 9.14. The van der Waals surface area contributed by atoms with Gasteiger partial charge in [-0.05, 0) is 44.2 Å². The molecule has 4 heterocycles. The number of halogens is 6. The Hall–Kier alpha value is -3.88. The molecule has 9 nitrogen and oxygen atoms in total. The highest BCUT2D eigenvalue weighted by Gasteiger charge is 2.36. The molecule has 1 saturated heterocycles. The van der Waals surface area contributed by atoms with E-state index >= 15 is 0 Å². The van der Waals surface area contributed by atoms with Crippen molar-refractivity contribution in [1.82, 2.24) is 24.8 Å². The molecule has 206 valence electrons. The van der Waals surface area contributed by atoms with Crippen molar-refractivity contribution in [2.75, 3.05) is 26.7 Å². The molecule has 0 bridgehead atoms. The molecule has 3 aromatic heterocycles. The number of nitrogens with one attached hydrogen (secondary N) is 1. The minimum atomic E-state index is -4.46. The lowest BCUT2D eigenvalue weighted by atomic mass is 10.1. The monoisotopic (exact) mass is 547 g/mol. The summed E-state index contributed by atoms with van der Waals surface area (Å²) in [6.07, 6.45) is -4.00. The molecular weight excluding hydrogens is 524 g/mol. The highest BCUT2D eigenvalue weighted by Crippen LogP contribution is 2.30. The second-order valence-electron chi connectivity index (χ2n) is 8.09. The number of carbonyl (C=O) groups excluding carboxylic acids is 2. The van der Waals surface area contributed by atoms with Crippen molar-refractivity contribution in [2.45, 2.75) is 31.2 Å². The number of fused-ring (bicyclic) bond motifs is 1. The molecule has 4 rings (SSSR count). The van der Waals surface area contributed by atoms with Crippen molar-refractivity contribution in [3.8, 4) is 17.4 Å². The van der Waals surface area contributed by atoms with Crippen molar-refractivity contribution in [3.63, 3.8) is 0 Å². The Morgan fingerprint density at radius 3 is 2.58 bits per heavy atom. The Labute approximate surface area is 212 Å². The Morgan fingerprint density at radius 1 is 1.16 bits per heavy atom. The van der Waals surface area contributed by atoms with Gasteiger partial charge < -0.3 is 19.7 Å². The molecule has 1 N–H and O–H groups in total. The molecule has 38 heavy (non-hydrogen) atoms. The van der Waals surface area contributed by atoms with Gasteiger partial charge in [0.1, 0.15) is 18.0 Å². The number of nitrogens with zero attached hydrogens (tertiary/aromatic N) is 4. The van der Waals surface area contributed by atoms with Crippen LogP contribution in [0.1, 0.15) is 23.3 Å². The van der Waals surface area contributed by atoms with Crippen LogP contribution in [-0.2, 0) is 4.79 Å². The maximum absolute atomic E-state index is 12.3. The van der Waals surface area contributed by atoms with E-state index in [-0.39, 0.29) is 23.9 Å². The zero-order valence-corrected chi connectivity index (χ0v) is 19.9. The van der Waals surface area contributed by atoms with E-state index in [9.17, 15) is 35.9 Å². The molecule has 1 unspecified atom stereocenters. The number of carbonyl (C=O) groups is 2. The Morgan fingerprint density at radius 2 is 1.92 bits per heavy atom. The van der Waals surface area contributed by atoms with Gasteiger partial charge in [-0.15, -0.1) is 0 Å². The van der Waals surface area contributed by atoms with E-state index in [1.54, 1.807) is 25.4 Å². The number of ether oxygens (including phenoxy) is 2. The molecule has 0 radical (unpaired) electrons. The number of amides is 1. The molecule has 0 aromatic carbocycles. The summed E-state index contributed by atoms with van der Waals surface area (Å²) in [5.41, 5.74) is 0.836. The fourth-order valence-corrected chi connectivity index (χ4v) is 3.53. The summed E-state index contributed by atoms with van der Waals surface area (Å²) < 4.78 is 84.6. The molecule has 1 aliphatic rings. The lowest BCUT2D eigenvalue weighted by Gasteiger charge is -2.32. The van der Waals surface area contributed by atoms with Gasteiger partial charge in [-0.25, -0.2) is 9.50 Å². The second kappa shape index (κ2) is 12.1. The smallest absolute Gasteiger partial charge is 0.422 e. The molecular formula is C23H23F6N5O4. The molecule has 0 spiro atoms. The van der Waals surface area contributed by atoms with Crippen LogP contribution in [-0.4, -0.2) is 76.8 Å². The van der Waals surface area contributed by atoms with Crippen molar-refractivity contribution in [2.24, 2.45) is 0 Å². The van der Waals surface area contributed by atoms with E-state index in [0.29, 0.717) is 30.4 Å². The van der Waals surface area contributed by atoms with Gasteiger partial charge in [-0.3, -0.25) is 9.59 Å². The summed E-state index contributed by atoms with van der Waals surface area (Å²) in [4.78, 5) is 26.9. The van der Waals surface area contributed by atoms with E-state index < -0.39 is 37.5 Å². The van der Waals surface area contributed by atoms with Crippen LogP contribution in [0.4, 0.5) is 26.3 Å². The highest BCUT2D eigenvalue weighted by atomic mass is 19.4. The summed E-state index contributed by atoms with van der Waals surface area (Å²) in [6.45, 7) is -2.38. The van der Waals surface area contributed by atoms with Crippen LogP contribution >= 0.6 is 0 Å². The Balaban J connectivity index is 0.000000244. The summed E-state index contributed by atoms with van der Waals surface area (Å²) in [7, 11) is 1.58. The highest BCUT2D eigenvalue weighted by molar-refractivity contribution is 5.82. The molecule has 1 fully saturated rings. The number of aromatic nitrogens is 3. The maximum atomic E-state index is 12.3. The molecule has 0 aliphatic carbocycles. The molecule has 1 atom stereocenters. The van der Waals surface area contributed by atoms with Gasteiger partial charge in [0.15, 0.2) is 18.6 Å². The quantitative estimate of drug-likeness (QED) is 0.352. The van der Waals surface area contributed by atoms with Gasteiger partial charge >= 0.3 is 12.4 Å². The van der Waals surface area contributed by atoms with Crippen molar-refractivity contribution >= 4 is 17.7 Å². The zero-order chi connectivity index (χ0) is 27.9. The van der Waals surface area contributed by atoms with Crippen LogP contribution in [0.3, 0.4) is 0 Å². The van der Waals surface area contributed by atoms with Gasteiger partial charge in [-0.2, -0.15) is 31.4 Å². The third kappa shape index (κ3) is 8.33. The third-order valence-corrected chi connectivity index (χ3v) is 5.17. The number of rotatable bonds is 7. The van der Waals surface area contributed by atoms with Crippen LogP contribution in [0.5, 0.6) is 17.4 Å². The van der Waals surface area contributed by atoms with Crippen molar-refractivity contribution < 1.29 is 45.4 Å². The number of piperidine rings is 1. The first-order valence-electron chi connectivity index (χ1n) is 11.2. The Bertz CT molecular complexity index is 1250. The molecule has 15 heteroatoms. The number of hydrogen-bond donors (Lipinski definition) is 1. The maximum Gasteiger partial charge on any atom is 0.422 e. The fraction of sp³-hybridized carbons (Fsp3) is 0.391. The number of likely N-dealkylation sites (tertiary alicyclic amines) is 1. The largest absolute Gasteiger partial charge is 0.478 e. The first-order chi connectivity index (χ1) is 17.9. The summed E-state index contributed by atoms with van der Waals surface area (Å²) in [5.74, 6) is -0.357. The standard InChI is InChI=1S/C15H10F3N3O3.C8H13F3N2O/c16-15(17,18)9-23-13-2-1-4-19-14(13)24-12-3-5-21-11(7-12)6-10(8-22)20-21;1-12-6-3-2-4-13(7(6)14)5-8(9,10)11/h1-8H,9H2;6,12H,2-5H2,1H3. The third-order valence-electron chi connectivity index (χ3n) is 5.17. The van der Waals surface area contributed by atoms with Gasteiger partial charge in [0.2, 0.25) is 5.91 Å². The SMILES string of the molecule is CNC1CCCN(CC(F)(F)F)C1=O.O=Cc1cc2cc(Oc3ncccc3OCC(F)(F)F)ccn2n1.